The fourth-order valence-electron chi connectivity index (χ4n) is 1.67. The zero-order valence-corrected chi connectivity index (χ0v) is 10.5. The molecule has 0 aliphatic carbocycles. The van der Waals surface area contributed by atoms with Crippen LogP contribution in [0.5, 0.6) is 5.75 Å². The second kappa shape index (κ2) is 5.95. The van der Waals surface area contributed by atoms with Gasteiger partial charge in [0.25, 0.3) is 0 Å². The summed E-state index contributed by atoms with van der Waals surface area (Å²) in [5, 5.41) is 8.73. The SMILES string of the molecule is CCOc1ccc(-c2ccnc(CC(=O)O)n2)cc1. The molecule has 1 N–H and O–H groups in total. The number of carboxylic acids is 1. The van der Waals surface area contributed by atoms with Crippen LogP contribution in [-0.4, -0.2) is 27.7 Å². The monoisotopic (exact) mass is 258 g/mol. The maximum absolute atomic E-state index is 10.6. The fourth-order valence-corrected chi connectivity index (χ4v) is 1.67. The van der Waals surface area contributed by atoms with Gasteiger partial charge in [0.15, 0.2) is 0 Å². The smallest absolute Gasteiger partial charge is 0.311 e. The van der Waals surface area contributed by atoms with Crippen molar-refractivity contribution in [3.8, 4) is 17.0 Å². The number of rotatable bonds is 5. The molecule has 0 bridgehead atoms. The van der Waals surface area contributed by atoms with E-state index < -0.39 is 5.97 Å². The Morgan fingerprint density at radius 1 is 1.26 bits per heavy atom. The lowest BCUT2D eigenvalue weighted by Gasteiger charge is -2.05. The molecule has 0 amide bonds. The number of hydrogen-bond acceptors (Lipinski definition) is 4. The van der Waals surface area contributed by atoms with Crippen molar-refractivity contribution in [1.82, 2.24) is 9.97 Å². The lowest BCUT2D eigenvalue weighted by atomic mass is 10.1. The lowest BCUT2D eigenvalue weighted by Crippen LogP contribution is -2.05. The average Bonchev–Trinajstić information content (AvgIpc) is 2.39. The molecule has 5 nitrogen and oxygen atoms in total. The molecule has 2 aromatic rings. The Labute approximate surface area is 110 Å². The summed E-state index contributed by atoms with van der Waals surface area (Å²) in [5.74, 6) is 0.161. The van der Waals surface area contributed by atoms with E-state index in [9.17, 15) is 4.79 Å². The van der Waals surface area contributed by atoms with Crippen molar-refractivity contribution >= 4 is 5.97 Å². The largest absolute Gasteiger partial charge is 0.494 e. The zero-order valence-electron chi connectivity index (χ0n) is 10.5. The van der Waals surface area contributed by atoms with E-state index in [-0.39, 0.29) is 6.42 Å². The highest BCUT2D eigenvalue weighted by molar-refractivity contribution is 5.69. The van der Waals surface area contributed by atoms with Gasteiger partial charge in [0.2, 0.25) is 0 Å². The number of carboxylic acid groups (broad SMARTS) is 1. The first-order valence-electron chi connectivity index (χ1n) is 5.96. The molecule has 1 heterocycles. The molecule has 2 rings (SSSR count). The number of aliphatic carboxylic acids is 1. The maximum Gasteiger partial charge on any atom is 0.311 e. The molecule has 0 saturated heterocycles. The molecule has 0 fully saturated rings. The molecular weight excluding hydrogens is 244 g/mol. The van der Waals surface area contributed by atoms with E-state index in [0.717, 1.165) is 11.3 Å². The molecule has 0 radical (unpaired) electrons. The van der Waals surface area contributed by atoms with Crippen molar-refractivity contribution < 1.29 is 14.6 Å². The van der Waals surface area contributed by atoms with Crippen molar-refractivity contribution in [3.05, 3.63) is 42.4 Å². The molecule has 0 aliphatic heterocycles. The minimum Gasteiger partial charge on any atom is -0.494 e. The molecule has 0 unspecified atom stereocenters. The maximum atomic E-state index is 10.6. The first-order chi connectivity index (χ1) is 9.19. The number of carbonyl (C=O) groups is 1. The summed E-state index contributed by atoms with van der Waals surface area (Å²) in [5.41, 5.74) is 1.60. The van der Waals surface area contributed by atoms with Crippen LogP contribution >= 0.6 is 0 Å². The summed E-state index contributed by atoms with van der Waals surface area (Å²) in [7, 11) is 0. The number of nitrogens with zero attached hydrogens (tertiary/aromatic N) is 2. The Kier molecular flexibility index (Phi) is 4.07. The molecular formula is C14H14N2O3. The second-order valence-corrected chi connectivity index (χ2v) is 3.89. The summed E-state index contributed by atoms with van der Waals surface area (Å²) in [4.78, 5) is 18.8. The third-order valence-electron chi connectivity index (χ3n) is 2.48. The summed E-state index contributed by atoms with van der Waals surface area (Å²) >= 11 is 0. The highest BCUT2D eigenvalue weighted by Crippen LogP contribution is 2.20. The van der Waals surface area contributed by atoms with Crippen molar-refractivity contribution in [2.24, 2.45) is 0 Å². The first kappa shape index (κ1) is 13.0. The number of ether oxygens (including phenoxy) is 1. The van der Waals surface area contributed by atoms with Gasteiger partial charge in [0.05, 0.1) is 12.3 Å². The summed E-state index contributed by atoms with van der Waals surface area (Å²) in [6.07, 6.45) is 1.39. The second-order valence-electron chi connectivity index (χ2n) is 3.89. The Balaban J connectivity index is 2.23. The first-order valence-corrected chi connectivity index (χ1v) is 5.96. The van der Waals surface area contributed by atoms with Crippen LogP contribution < -0.4 is 4.74 Å². The molecule has 1 aromatic carbocycles. The van der Waals surface area contributed by atoms with Crippen LogP contribution in [-0.2, 0) is 11.2 Å². The van der Waals surface area contributed by atoms with Gasteiger partial charge < -0.3 is 9.84 Å². The predicted molar refractivity (Wildman–Crippen MR) is 70.0 cm³/mol. The molecule has 0 spiro atoms. The van der Waals surface area contributed by atoms with E-state index >= 15 is 0 Å². The highest BCUT2D eigenvalue weighted by atomic mass is 16.5. The molecule has 0 atom stereocenters. The quantitative estimate of drug-likeness (QED) is 0.889. The van der Waals surface area contributed by atoms with E-state index in [2.05, 4.69) is 9.97 Å². The van der Waals surface area contributed by atoms with Crippen molar-refractivity contribution in [1.29, 1.82) is 0 Å². The summed E-state index contributed by atoms with van der Waals surface area (Å²) < 4.78 is 5.36. The minimum absolute atomic E-state index is 0.176. The van der Waals surface area contributed by atoms with E-state index in [0.29, 0.717) is 18.1 Å². The van der Waals surface area contributed by atoms with Crippen LogP contribution in [0.15, 0.2) is 36.5 Å². The van der Waals surface area contributed by atoms with Gasteiger partial charge >= 0.3 is 5.97 Å². The van der Waals surface area contributed by atoms with Crippen LogP contribution in [0.3, 0.4) is 0 Å². The number of aromatic nitrogens is 2. The molecule has 5 heteroatoms. The minimum atomic E-state index is -0.941. The van der Waals surface area contributed by atoms with Gasteiger partial charge in [-0.05, 0) is 37.3 Å². The van der Waals surface area contributed by atoms with Crippen molar-refractivity contribution in [2.75, 3.05) is 6.61 Å². The average molecular weight is 258 g/mol. The predicted octanol–water partition coefficient (Wildman–Crippen LogP) is 2.17. The fraction of sp³-hybridized carbons (Fsp3) is 0.214. The zero-order chi connectivity index (χ0) is 13.7. The molecule has 0 saturated carbocycles. The third kappa shape index (κ3) is 3.51. The van der Waals surface area contributed by atoms with Gasteiger partial charge in [-0.25, -0.2) is 9.97 Å². The van der Waals surface area contributed by atoms with E-state index in [4.69, 9.17) is 9.84 Å². The van der Waals surface area contributed by atoms with Crippen LogP contribution in [0, 0.1) is 0 Å². The Bertz CT molecular complexity index is 567. The van der Waals surface area contributed by atoms with Gasteiger partial charge in [0.1, 0.15) is 18.0 Å². The van der Waals surface area contributed by atoms with Gasteiger partial charge in [-0.3, -0.25) is 4.79 Å². The number of hydrogen-bond donors (Lipinski definition) is 1. The number of benzene rings is 1. The highest BCUT2D eigenvalue weighted by Gasteiger charge is 2.06. The molecule has 1 aromatic heterocycles. The standard InChI is InChI=1S/C14H14N2O3/c1-2-19-11-5-3-10(4-6-11)12-7-8-15-13(16-12)9-14(17)18/h3-8H,2,9H2,1H3,(H,17,18). The summed E-state index contributed by atoms with van der Waals surface area (Å²) in [6.45, 7) is 2.55. The van der Waals surface area contributed by atoms with E-state index in [1.54, 1.807) is 12.3 Å². The lowest BCUT2D eigenvalue weighted by molar-refractivity contribution is -0.136. The van der Waals surface area contributed by atoms with Gasteiger partial charge in [0, 0.05) is 11.8 Å². The summed E-state index contributed by atoms with van der Waals surface area (Å²) in [6, 6.07) is 9.24. The van der Waals surface area contributed by atoms with Crippen LogP contribution in [0.1, 0.15) is 12.7 Å². The van der Waals surface area contributed by atoms with E-state index in [1.807, 2.05) is 31.2 Å². The van der Waals surface area contributed by atoms with Crippen LogP contribution in [0.2, 0.25) is 0 Å². The van der Waals surface area contributed by atoms with E-state index in [1.165, 1.54) is 0 Å². The Hall–Kier alpha value is -2.43. The van der Waals surface area contributed by atoms with Gasteiger partial charge in [-0.15, -0.1) is 0 Å². The van der Waals surface area contributed by atoms with Crippen LogP contribution in [0.25, 0.3) is 11.3 Å². The topological polar surface area (TPSA) is 72.3 Å². The molecule has 0 aliphatic rings. The third-order valence-corrected chi connectivity index (χ3v) is 2.48. The Morgan fingerprint density at radius 2 is 2.00 bits per heavy atom. The molecule has 19 heavy (non-hydrogen) atoms. The van der Waals surface area contributed by atoms with Crippen LogP contribution in [0.4, 0.5) is 0 Å². The van der Waals surface area contributed by atoms with Crippen molar-refractivity contribution in [3.63, 3.8) is 0 Å². The van der Waals surface area contributed by atoms with Gasteiger partial charge in [-0.2, -0.15) is 0 Å². The van der Waals surface area contributed by atoms with Crippen molar-refractivity contribution in [2.45, 2.75) is 13.3 Å². The van der Waals surface area contributed by atoms with Gasteiger partial charge in [-0.1, -0.05) is 0 Å². The normalized spacial score (nSPS) is 10.2. The molecule has 98 valence electrons. The Morgan fingerprint density at radius 3 is 2.63 bits per heavy atom.